The Labute approximate surface area is 173 Å². The van der Waals surface area contributed by atoms with E-state index >= 15 is 0 Å². The van der Waals surface area contributed by atoms with Gasteiger partial charge in [-0.25, -0.2) is 0 Å². The van der Waals surface area contributed by atoms with Gasteiger partial charge in [0.2, 0.25) is 11.6 Å². The predicted octanol–water partition coefficient (Wildman–Crippen LogP) is 3.48. The molecular weight excluding hydrogens is 440 g/mol. The van der Waals surface area contributed by atoms with Gasteiger partial charge in [-0.15, -0.1) is 0 Å². The third kappa shape index (κ3) is 2.64. The number of fused-ring (bicyclic) bond motifs is 2. The monoisotopic (exact) mass is 454 g/mol. The summed E-state index contributed by atoms with van der Waals surface area (Å²) in [6, 6.07) is 9.53. The van der Waals surface area contributed by atoms with E-state index in [-0.39, 0.29) is 49.4 Å². The number of methoxy groups -OCH3 is 1. The van der Waals surface area contributed by atoms with Crippen LogP contribution in [0, 0.1) is 0 Å². The number of benzene rings is 3. The van der Waals surface area contributed by atoms with Crippen molar-refractivity contribution in [1.29, 1.82) is 0 Å². The van der Waals surface area contributed by atoms with Crippen LogP contribution in [0.25, 0.3) is 11.1 Å². The van der Waals surface area contributed by atoms with E-state index in [4.69, 9.17) is 16.2 Å². The van der Waals surface area contributed by atoms with Crippen molar-refractivity contribution in [3.63, 3.8) is 0 Å². The molecule has 0 spiro atoms. The molecule has 0 aromatic heterocycles. The Kier molecular flexibility index (Phi) is 4.24. The van der Waals surface area contributed by atoms with Gasteiger partial charge in [-0.05, 0) is 45.8 Å². The molecule has 29 heavy (non-hydrogen) atoms. The van der Waals surface area contributed by atoms with E-state index in [0.29, 0.717) is 11.3 Å². The van der Waals surface area contributed by atoms with Crippen LogP contribution in [0.4, 0.5) is 11.4 Å². The van der Waals surface area contributed by atoms with Gasteiger partial charge in [-0.1, -0.05) is 12.1 Å². The number of hydrogen-bond donors (Lipinski definition) is 4. The fraction of sp³-hybridized carbons (Fsp3) is 0.0476. The Morgan fingerprint density at radius 2 is 1.34 bits per heavy atom. The standard InChI is InChI=1S/C21H15BrN2O5/c1-29-9-4-2-8(3-5-9)10-6-12(23)14-16(18(10)25)20(27)15-13(24)7-11(22)19(26)17(15)21(14)28/h2-7,25-26H,23-24H2,1H3. The molecule has 0 aliphatic heterocycles. The summed E-state index contributed by atoms with van der Waals surface area (Å²) in [5.74, 6) is -1.54. The average molecular weight is 455 g/mol. The molecule has 1 aliphatic carbocycles. The highest BCUT2D eigenvalue weighted by molar-refractivity contribution is 9.10. The molecule has 0 saturated carbocycles. The van der Waals surface area contributed by atoms with Crippen LogP contribution in [0.2, 0.25) is 0 Å². The van der Waals surface area contributed by atoms with Crippen LogP contribution < -0.4 is 16.2 Å². The number of phenols is 2. The summed E-state index contributed by atoms with van der Waals surface area (Å²) in [4.78, 5) is 26.3. The molecule has 0 bridgehead atoms. The zero-order chi connectivity index (χ0) is 21.0. The van der Waals surface area contributed by atoms with Crippen LogP contribution in [-0.4, -0.2) is 28.9 Å². The van der Waals surface area contributed by atoms with E-state index in [0.717, 1.165) is 0 Å². The van der Waals surface area contributed by atoms with Crippen LogP contribution in [0.3, 0.4) is 0 Å². The number of anilines is 2. The molecule has 0 radical (unpaired) electrons. The van der Waals surface area contributed by atoms with E-state index in [1.807, 2.05) is 0 Å². The van der Waals surface area contributed by atoms with Crippen molar-refractivity contribution in [2.75, 3.05) is 18.6 Å². The molecule has 0 heterocycles. The van der Waals surface area contributed by atoms with Crippen LogP contribution >= 0.6 is 15.9 Å². The molecule has 3 aromatic rings. The summed E-state index contributed by atoms with van der Waals surface area (Å²) >= 11 is 3.12. The maximum Gasteiger partial charge on any atom is 0.200 e. The minimum absolute atomic E-state index is 0.00139. The van der Waals surface area contributed by atoms with Gasteiger partial charge in [0, 0.05) is 16.9 Å². The molecule has 0 atom stereocenters. The Morgan fingerprint density at radius 3 is 1.90 bits per heavy atom. The lowest BCUT2D eigenvalue weighted by Crippen LogP contribution is -2.24. The summed E-state index contributed by atoms with van der Waals surface area (Å²) in [7, 11) is 1.53. The van der Waals surface area contributed by atoms with E-state index in [2.05, 4.69) is 15.9 Å². The van der Waals surface area contributed by atoms with Gasteiger partial charge in [0.15, 0.2) is 0 Å². The number of carbonyl (C=O) groups is 2. The van der Waals surface area contributed by atoms with Crippen LogP contribution in [0.1, 0.15) is 31.8 Å². The van der Waals surface area contributed by atoms with Crippen molar-refractivity contribution in [3.8, 4) is 28.4 Å². The van der Waals surface area contributed by atoms with Crippen molar-refractivity contribution < 1.29 is 24.5 Å². The van der Waals surface area contributed by atoms with Gasteiger partial charge >= 0.3 is 0 Å². The number of halogens is 1. The van der Waals surface area contributed by atoms with E-state index < -0.39 is 17.3 Å². The summed E-state index contributed by atoms with van der Waals surface area (Å²) in [6.07, 6.45) is 0. The fourth-order valence-corrected chi connectivity index (χ4v) is 3.97. The maximum absolute atomic E-state index is 13.2. The highest BCUT2D eigenvalue weighted by Crippen LogP contribution is 2.46. The number of aromatic hydroxyl groups is 2. The van der Waals surface area contributed by atoms with Gasteiger partial charge in [-0.2, -0.15) is 0 Å². The number of carbonyl (C=O) groups excluding carboxylic acids is 2. The van der Waals surface area contributed by atoms with Crippen molar-refractivity contribution in [2.24, 2.45) is 0 Å². The van der Waals surface area contributed by atoms with Gasteiger partial charge in [0.05, 0.1) is 33.8 Å². The first-order valence-electron chi connectivity index (χ1n) is 8.46. The number of ketones is 2. The zero-order valence-corrected chi connectivity index (χ0v) is 16.7. The van der Waals surface area contributed by atoms with Crippen molar-refractivity contribution in [2.45, 2.75) is 0 Å². The van der Waals surface area contributed by atoms with E-state index in [1.54, 1.807) is 24.3 Å². The number of rotatable bonds is 2. The summed E-state index contributed by atoms with van der Waals surface area (Å²) in [6.45, 7) is 0. The number of ether oxygens (including phenoxy) is 1. The second kappa shape index (κ2) is 6.52. The first-order valence-corrected chi connectivity index (χ1v) is 9.25. The SMILES string of the molecule is COc1ccc(-c2cc(N)c3c(c2O)C(=O)c2c(N)cc(Br)c(O)c2C3=O)cc1. The molecule has 146 valence electrons. The molecule has 1 aliphatic rings. The number of phenolic OH excluding ortho intramolecular Hbond substituents is 2. The maximum atomic E-state index is 13.2. The van der Waals surface area contributed by atoms with Crippen molar-refractivity contribution in [1.82, 2.24) is 0 Å². The molecule has 0 unspecified atom stereocenters. The first-order chi connectivity index (χ1) is 13.8. The van der Waals surface area contributed by atoms with Crippen LogP contribution in [0.5, 0.6) is 17.2 Å². The molecule has 6 N–H and O–H groups in total. The van der Waals surface area contributed by atoms with E-state index in [1.165, 1.54) is 19.2 Å². The highest BCUT2D eigenvalue weighted by atomic mass is 79.9. The topological polar surface area (TPSA) is 136 Å². The largest absolute Gasteiger partial charge is 0.506 e. The van der Waals surface area contributed by atoms with E-state index in [9.17, 15) is 19.8 Å². The number of nitrogens with two attached hydrogens (primary N) is 2. The third-order valence-corrected chi connectivity index (χ3v) is 5.53. The van der Waals surface area contributed by atoms with Gasteiger partial charge in [-0.3, -0.25) is 9.59 Å². The molecule has 7 nitrogen and oxygen atoms in total. The molecule has 0 fully saturated rings. The van der Waals surface area contributed by atoms with Crippen LogP contribution in [-0.2, 0) is 0 Å². The smallest absolute Gasteiger partial charge is 0.200 e. The quantitative estimate of drug-likeness (QED) is 0.268. The van der Waals surface area contributed by atoms with Gasteiger partial charge in [0.1, 0.15) is 17.2 Å². The molecular formula is C21H15BrN2O5. The fourth-order valence-electron chi connectivity index (χ4n) is 3.52. The molecule has 0 amide bonds. The van der Waals surface area contributed by atoms with Crippen molar-refractivity contribution >= 4 is 38.9 Å². The number of nitrogen functional groups attached to an aromatic ring is 2. The van der Waals surface area contributed by atoms with Gasteiger partial charge < -0.3 is 26.4 Å². The molecule has 3 aromatic carbocycles. The minimum Gasteiger partial charge on any atom is -0.506 e. The summed E-state index contributed by atoms with van der Waals surface area (Å²) in [5, 5.41) is 21.2. The lowest BCUT2D eigenvalue weighted by Gasteiger charge is -2.24. The zero-order valence-electron chi connectivity index (χ0n) is 15.1. The lowest BCUT2D eigenvalue weighted by molar-refractivity contribution is 0.0975. The number of hydrogen-bond acceptors (Lipinski definition) is 7. The Morgan fingerprint density at radius 1 is 0.828 bits per heavy atom. The van der Waals surface area contributed by atoms with Crippen LogP contribution in [0.15, 0.2) is 40.9 Å². The highest BCUT2D eigenvalue weighted by Gasteiger charge is 2.39. The molecule has 0 saturated heterocycles. The minimum atomic E-state index is -0.686. The average Bonchev–Trinajstić information content (AvgIpc) is 2.70. The Hall–Kier alpha value is -3.52. The summed E-state index contributed by atoms with van der Waals surface area (Å²) in [5.41, 5.74) is 12.1. The lowest BCUT2D eigenvalue weighted by atomic mass is 9.80. The second-order valence-electron chi connectivity index (χ2n) is 6.54. The Balaban J connectivity index is 2.00. The second-order valence-corrected chi connectivity index (χ2v) is 7.40. The predicted molar refractivity (Wildman–Crippen MR) is 112 cm³/mol. The molecule has 4 rings (SSSR count). The normalized spacial score (nSPS) is 12.5. The van der Waals surface area contributed by atoms with Crippen molar-refractivity contribution in [3.05, 3.63) is 63.1 Å². The summed E-state index contributed by atoms with van der Waals surface area (Å²) < 4.78 is 5.30. The molecule has 8 heteroatoms. The van der Waals surface area contributed by atoms with Gasteiger partial charge in [0.25, 0.3) is 0 Å². The Bertz CT molecular complexity index is 1220. The first kappa shape index (κ1) is 18.8. The third-order valence-electron chi connectivity index (χ3n) is 4.92.